The molecule has 3 heterocycles. The van der Waals surface area contributed by atoms with Crippen molar-refractivity contribution in [1.29, 1.82) is 0 Å². The van der Waals surface area contributed by atoms with Gasteiger partial charge in [-0.25, -0.2) is 9.18 Å². The highest BCUT2D eigenvalue weighted by Gasteiger charge is 2.36. The molecule has 0 radical (unpaired) electrons. The maximum Gasteiger partial charge on any atom is 0.349 e. The summed E-state index contributed by atoms with van der Waals surface area (Å²) in [5, 5.41) is 10.6. The number of hydrogen-bond acceptors (Lipinski definition) is 4. The number of aryl methyl sites for hydroxylation is 3. The van der Waals surface area contributed by atoms with Crippen LogP contribution >= 0.6 is 0 Å². The molecule has 2 atom stereocenters. The summed E-state index contributed by atoms with van der Waals surface area (Å²) in [6.45, 7) is 1.32. The third kappa shape index (κ3) is 3.33. The molecule has 0 bridgehead atoms. The number of β-amino-alcohol motifs (C(OH)–C–C–N with tert-alkyl or cyclic N) is 1. The van der Waals surface area contributed by atoms with E-state index in [1.807, 2.05) is 30.5 Å². The Kier molecular flexibility index (Phi) is 4.77. The van der Waals surface area contributed by atoms with E-state index in [2.05, 4.69) is 4.98 Å². The fourth-order valence-electron chi connectivity index (χ4n) is 3.72. The van der Waals surface area contributed by atoms with Gasteiger partial charge in [0.2, 0.25) is 0 Å². The van der Waals surface area contributed by atoms with Gasteiger partial charge in [0, 0.05) is 30.1 Å². The van der Waals surface area contributed by atoms with Gasteiger partial charge < -0.3 is 19.4 Å². The molecule has 3 aromatic rings. The lowest BCUT2D eigenvalue weighted by Gasteiger charge is -2.16. The summed E-state index contributed by atoms with van der Waals surface area (Å²) in [4.78, 5) is 29.4. The van der Waals surface area contributed by atoms with Crippen LogP contribution in [0.3, 0.4) is 0 Å². The third-order valence-corrected chi connectivity index (χ3v) is 5.24. The van der Waals surface area contributed by atoms with Crippen molar-refractivity contribution in [2.45, 2.75) is 32.0 Å². The Morgan fingerprint density at radius 2 is 2.11 bits per heavy atom. The Bertz CT molecular complexity index is 1080. The van der Waals surface area contributed by atoms with Crippen molar-refractivity contribution in [2.24, 2.45) is 0 Å². The fourth-order valence-corrected chi connectivity index (χ4v) is 3.72. The molecule has 1 amide bonds. The monoisotopic (exact) mass is 384 g/mol. The van der Waals surface area contributed by atoms with Gasteiger partial charge in [-0.3, -0.25) is 4.79 Å². The van der Waals surface area contributed by atoms with E-state index >= 15 is 0 Å². The molecule has 1 aliphatic heterocycles. The van der Waals surface area contributed by atoms with Crippen molar-refractivity contribution in [3.63, 3.8) is 0 Å². The van der Waals surface area contributed by atoms with Gasteiger partial charge in [0.05, 0.1) is 6.54 Å². The lowest BCUT2D eigenvalue weighted by molar-refractivity contribution is 0.0758. The molecule has 28 heavy (non-hydrogen) atoms. The molecule has 1 fully saturated rings. The number of nitrogens with zero attached hydrogens (tertiary/aromatic N) is 1. The Morgan fingerprint density at radius 1 is 1.32 bits per heavy atom. The molecule has 2 aromatic heterocycles. The summed E-state index contributed by atoms with van der Waals surface area (Å²) >= 11 is 0. The average molecular weight is 384 g/mol. The smallest absolute Gasteiger partial charge is 0.349 e. The molecule has 1 saturated heterocycles. The first-order valence-electron chi connectivity index (χ1n) is 9.24. The second kappa shape index (κ2) is 7.24. The first-order chi connectivity index (χ1) is 13.4. The maximum absolute atomic E-state index is 13.5. The van der Waals surface area contributed by atoms with Crippen LogP contribution in [0.1, 0.15) is 27.2 Å². The van der Waals surface area contributed by atoms with E-state index in [-0.39, 0.29) is 18.7 Å². The number of aliphatic hydroxyl groups excluding tert-OH is 1. The van der Waals surface area contributed by atoms with Gasteiger partial charge in [0.1, 0.15) is 23.6 Å². The fraction of sp³-hybridized carbons (Fsp3) is 0.333. The number of likely N-dealkylation sites (tertiary alicyclic amines) is 1. The van der Waals surface area contributed by atoms with Gasteiger partial charge in [-0.15, -0.1) is 0 Å². The van der Waals surface area contributed by atoms with Crippen molar-refractivity contribution in [3.8, 4) is 0 Å². The number of carbonyl (C=O) groups is 1. The summed E-state index contributed by atoms with van der Waals surface area (Å²) in [7, 11) is 0. The number of aromatic nitrogens is 1. The van der Waals surface area contributed by atoms with Gasteiger partial charge in [-0.05, 0) is 36.6 Å². The number of aromatic amines is 1. The van der Waals surface area contributed by atoms with Crippen molar-refractivity contribution in [1.82, 2.24) is 9.88 Å². The number of nitrogens with one attached hydrogen (secondary N) is 1. The number of para-hydroxylation sites is 1. The van der Waals surface area contributed by atoms with Crippen LogP contribution in [0.15, 0.2) is 45.7 Å². The molecule has 4 rings (SSSR count). The minimum absolute atomic E-state index is 0.0999. The zero-order valence-electron chi connectivity index (χ0n) is 15.4. The topological polar surface area (TPSA) is 86.5 Å². The Hall–Kier alpha value is -2.93. The second-order valence-corrected chi connectivity index (χ2v) is 7.21. The standard InChI is InChI=1S/C21H21FN2O4/c1-12-8-14(7-6-13-9-23-17-5-3-2-4-15(13)17)28-21(27)19(12)20(26)24-10-16(22)18(25)11-24/h2-5,8-9,16,18,23,25H,6-7,10-11H2,1H3/t16-,18-/m1/s1. The van der Waals surface area contributed by atoms with Crippen molar-refractivity contribution < 1.29 is 18.7 Å². The molecule has 6 nitrogen and oxygen atoms in total. The van der Waals surface area contributed by atoms with Crippen molar-refractivity contribution in [2.75, 3.05) is 13.1 Å². The summed E-state index contributed by atoms with van der Waals surface area (Å²) in [6.07, 6.45) is 0.432. The van der Waals surface area contributed by atoms with E-state index in [1.165, 1.54) is 0 Å². The van der Waals surface area contributed by atoms with Crippen LogP contribution in [-0.4, -0.2) is 46.3 Å². The normalized spacial score (nSPS) is 19.5. The van der Waals surface area contributed by atoms with E-state index in [0.29, 0.717) is 24.2 Å². The van der Waals surface area contributed by atoms with Crippen LogP contribution in [0.5, 0.6) is 0 Å². The van der Waals surface area contributed by atoms with E-state index < -0.39 is 23.8 Å². The van der Waals surface area contributed by atoms with Gasteiger partial charge in [0.25, 0.3) is 5.91 Å². The number of fused-ring (bicyclic) bond motifs is 1. The number of carbonyl (C=O) groups excluding carboxylic acids is 1. The number of rotatable bonds is 4. The number of benzene rings is 1. The first kappa shape index (κ1) is 18.4. The largest absolute Gasteiger partial charge is 0.427 e. The number of aliphatic hydroxyl groups is 1. The molecular weight excluding hydrogens is 363 g/mol. The van der Waals surface area contributed by atoms with Gasteiger partial charge in [0.15, 0.2) is 0 Å². The van der Waals surface area contributed by atoms with E-state index in [9.17, 15) is 19.1 Å². The summed E-state index contributed by atoms with van der Waals surface area (Å²) in [5.74, 6) is -0.109. The van der Waals surface area contributed by atoms with Crippen LogP contribution in [0.25, 0.3) is 10.9 Å². The molecule has 0 spiro atoms. The Morgan fingerprint density at radius 3 is 2.82 bits per heavy atom. The second-order valence-electron chi connectivity index (χ2n) is 7.21. The molecule has 0 saturated carbocycles. The molecule has 1 aliphatic rings. The minimum Gasteiger partial charge on any atom is -0.427 e. The Balaban J connectivity index is 1.53. The first-order valence-corrected chi connectivity index (χ1v) is 9.24. The zero-order chi connectivity index (χ0) is 19.8. The quantitative estimate of drug-likeness (QED) is 0.723. The van der Waals surface area contributed by atoms with Crippen LogP contribution in [-0.2, 0) is 12.8 Å². The molecule has 0 aliphatic carbocycles. The number of halogens is 1. The highest BCUT2D eigenvalue weighted by molar-refractivity contribution is 5.95. The van der Waals surface area contributed by atoms with Gasteiger partial charge in [-0.1, -0.05) is 18.2 Å². The summed E-state index contributed by atoms with van der Waals surface area (Å²) < 4.78 is 18.9. The number of amides is 1. The molecule has 1 aromatic carbocycles. The van der Waals surface area contributed by atoms with Gasteiger partial charge in [-0.2, -0.15) is 0 Å². The third-order valence-electron chi connectivity index (χ3n) is 5.24. The average Bonchev–Trinajstić information content (AvgIpc) is 3.23. The SMILES string of the molecule is Cc1cc(CCc2c[nH]c3ccccc23)oc(=O)c1C(=O)N1C[C@@H](O)[C@H](F)C1. The van der Waals surface area contributed by atoms with E-state index in [1.54, 1.807) is 13.0 Å². The zero-order valence-corrected chi connectivity index (χ0v) is 15.4. The lowest BCUT2D eigenvalue weighted by Crippen LogP contribution is -2.34. The predicted molar refractivity (Wildman–Crippen MR) is 102 cm³/mol. The van der Waals surface area contributed by atoms with Crippen LogP contribution in [0.2, 0.25) is 0 Å². The minimum atomic E-state index is -1.49. The van der Waals surface area contributed by atoms with E-state index in [4.69, 9.17) is 4.42 Å². The number of alkyl halides is 1. The van der Waals surface area contributed by atoms with Crippen molar-refractivity contribution in [3.05, 3.63) is 69.4 Å². The predicted octanol–water partition coefficient (Wildman–Crippen LogP) is 2.37. The summed E-state index contributed by atoms with van der Waals surface area (Å²) in [5.41, 5.74) is 1.84. The van der Waals surface area contributed by atoms with E-state index in [0.717, 1.165) is 21.4 Å². The molecule has 2 N–H and O–H groups in total. The highest BCUT2D eigenvalue weighted by Crippen LogP contribution is 2.21. The Labute approximate surface area is 160 Å². The molecule has 0 unspecified atom stereocenters. The maximum atomic E-state index is 13.5. The van der Waals surface area contributed by atoms with Crippen LogP contribution < -0.4 is 5.63 Å². The number of hydrogen-bond donors (Lipinski definition) is 2. The molecule has 146 valence electrons. The molecule has 7 heteroatoms. The lowest BCUT2D eigenvalue weighted by atomic mass is 10.1. The molecular formula is C21H21FN2O4. The van der Waals surface area contributed by atoms with Crippen LogP contribution in [0, 0.1) is 6.92 Å². The van der Waals surface area contributed by atoms with Crippen LogP contribution in [0.4, 0.5) is 4.39 Å². The van der Waals surface area contributed by atoms with Gasteiger partial charge >= 0.3 is 5.63 Å². The highest BCUT2D eigenvalue weighted by atomic mass is 19.1. The summed E-state index contributed by atoms with van der Waals surface area (Å²) in [6, 6.07) is 9.66. The number of H-pyrrole nitrogens is 1. The van der Waals surface area contributed by atoms with Crippen molar-refractivity contribution >= 4 is 16.8 Å².